The van der Waals surface area contributed by atoms with Gasteiger partial charge in [-0.3, -0.25) is 4.79 Å². The van der Waals surface area contributed by atoms with Crippen molar-refractivity contribution in [2.45, 2.75) is 59.8 Å². The molecule has 0 aromatic carbocycles. The van der Waals surface area contributed by atoms with Crippen molar-refractivity contribution in [3.8, 4) is 0 Å². The lowest BCUT2D eigenvalue weighted by Gasteiger charge is -2.26. The van der Waals surface area contributed by atoms with Gasteiger partial charge in [0, 0.05) is 11.5 Å². The van der Waals surface area contributed by atoms with Crippen LogP contribution < -0.4 is 0 Å². The summed E-state index contributed by atoms with van der Waals surface area (Å²) in [7, 11) is 0. The van der Waals surface area contributed by atoms with Gasteiger partial charge in [-0.25, -0.2) is 4.39 Å². The van der Waals surface area contributed by atoms with Crippen molar-refractivity contribution in [3.05, 3.63) is 11.9 Å². The molecule has 0 saturated heterocycles. The fourth-order valence-corrected chi connectivity index (χ4v) is 1.84. The first-order valence-electron chi connectivity index (χ1n) is 5.84. The second-order valence-corrected chi connectivity index (χ2v) is 4.51. The summed E-state index contributed by atoms with van der Waals surface area (Å²) in [5.74, 6) is -0.448. The minimum atomic E-state index is -0.390. The van der Waals surface area contributed by atoms with E-state index in [0.29, 0.717) is 0 Å². The zero-order valence-corrected chi connectivity index (χ0v) is 10.4. The van der Waals surface area contributed by atoms with Gasteiger partial charge in [-0.1, -0.05) is 40.0 Å². The first-order valence-corrected chi connectivity index (χ1v) is 5.84. The van der Waals surface area contributed by atoms with Gasteiger partial charge in [0.05, 0.1) is 0 Å². The van der Waals surface area contributed by atoms with E-state index in [1.54, 1.807) is 0 Å². The molecule has 0 fully saturated rings. The molecular weight excluding hydrogens is 191 g/mol. The number of allylic oxidation sites excluding steroid dienone is 2. The van der Waals surface area contributed by atoms with Crippen LogP contribution in [0.3, 0.4) is 0 Å². The molecule has 0 aliphatic rings. The minimum absolute atomic E-state index is 0.0576. The molecule has 0 heterocycles. The van der Waals surface area contributed by atoms with Gasteiger partial charge in [0.1, 0.15) is 5.83 Å². The van der Waals surface area contributed by atoms with E-state index >= 15 is 0 Å². The van der Waals surface area contributed by atoms with Crippen LogP contribution in [0.2, 0.25) is 0 Å². The third-order valence-electron chi connectivity index (χ3n) is 2.81. The number of rotatable bonds is 7. The summed E-state index contributed by atoms with van der Waals surface area (Å²) in [6, 6.07) is 0. The van der Waals surface area contributed by atoms with E-state index in [9.17, 15) is 9.18 Å². The Morgan fingerprint density at radius 1 is 1.27 bits per heavy atom. The van der Waals surface area contributed by atoms with Crippen molar-refractivity contribution in [1.82, 2.24) is 0 Å². The Hall–Kier alpha value is -0.660. The number of halogens is 1. The lowest BCUT2D eigenvalue weighted by molar-refractivity contribution is -0.123. The van der Waals surface area contributed by atoms with Crippen LogP contribution in [-0.2, 0) is 4.79 Å². The molecule has 88 valence electrons. The van der Waals surface area contributed by atoms with E-state index in [4.69, 9.17) is 0 Å². The Kier molecular flexibility index (Phi) is 6.46. The molecule has 0 radical (unpaired) electrons. The maximum Gasteiger partial charge on any atom is 0.164 e. The predicted molar refractivity (Wildman–Crippen MR) is 62.4 cm³/mol. The van der Waals surface area contributed by atoms with Gasteiger partial charge in [-0.05, 0) is 19.8 Å². The van der Waals surface area contributed by atoms with Gasteiger partial charge in [0.2, 0.25) is 0 Å². The van der Waals surface area contributed by atoms with E-state index in [1.807, 2.05) is 6.92 Å². The maximum atomic E-state index is 12.7. The molecule has 0 aromatic heterocycles. The molecule has 0 N–H and O–H groups in total. The third-order valence-corrected chi connectivity index (χ3v) is 2.81. The fraction of sp³-hybridized carbons (Fsp3) is 0.769. The largest absolute Gasteiger partial charge is 0.294 e. The van der Waals surface area contributed by atoms with Gasteiger partial charge in [-0.2, -0.15) is 0 Å². The van der Waals surface area contributed by atoms with Crippen LogP contribution in [0.5, 0.6) is 0 Å². The summed E-state index contributed by atoms with van der Waals surface area (Å²) in [6.07, 6.45) is 5.92. The van der Waals surface area contributed by atoms with E-state index in [0.717, 1.165) is 38.2 Å². The van der Waals surface area contributed by atoms with E-state index in [2.05, 4.69) is 13.8 Å². The van der Waals surface area contributed by atoms with Gasteiger partial charge in [0.15, 0.2) is 5.78 Å². The lowest BCUT2D eigenvalue weighted by atomic mass is 9.77. The van der Waals surface area contributed by atoms with Crippen LogP contribution >= 0.6 is 0 Å². The normalized spacial score (nSPS) is 16.2. The van der Waals surface area contributed by atoms with Gasteiger partial charge in [-0.15, -0.1) is 0 Å². The molecule has 0 aliphatic heterocycles. The highest BCUT2D eigenvalue weighted by Crippen LogP contribution is 2.31. The third kappa shape index (κ3) is 5.10. The second kappa shape index (κ2) is 6.76. The van der Waals surface area contributed by atoms with Crippen molar-refractivity contribution >= 4 is 5.78 Å². The standard InChI is InChI=1S/C13H23FO/c1-5-7-9-13(4,8-6-2)12(15)10-11(3)14/h10H,5-9H2,1-4H3/b11-10-. The first-order chi connectivity index (χ1) is 6.96. The van der Waals surface area contributed by atoms with Crippen LogP contribution in [0.1, 0.15) is 59.8 Å². The van der Waals surface area contributed by atoms with Crippen LogP contribution in [0.4, 0.5) is 4.39 Å². The first kappa shape index (κ1) is 14.3. The Labute approximate surface area is 92.8 Å². The zero-order valence-electron chi connectivity index (χ0n) is 10.4. The average molecular weight is 214 g/mol. The van der Waals surface area contributed by atoms with E-state index in [-0.39, 0.29) is 17.0 Å². The van der Waals surface area contributed by atoms with Crippen molar-refractivity contribution in [2.24, 2.45) is 5.41 Å². The van der Waals surface area contributed by atoms with Crippen molar-refractivity contribution in [1.29, 1.82) is 0 Å². The molecule has 0 amide bonds. The quantitative estimate of drug-likeness (QED) is 0.573. The maximum absolute atomic E-state index is 12.7. The molecule has 0 bridgehead atoms. The predicted octanol–water partition coefficient (Wildman–Crippen LogP) is 4.43. The van der Waals surface area contributed by atoms with Crippen LogP contribution in [0.15, 0.2) is 11.9 Å². The summed E-state index contributed by atoms with van der Waals surface area (Å²) < 4.78 is 12.7. The number of unbranched alkanes of at least 4 members (excludes halogenated alkanes) is 1. The SMILES string of the molecule is CCCCC(C)(CCC)C(=O)/C=C(/C)F. The van der Waals surface area contributed by atoms with Crippen molar-refractivity contribution in [3.63, 3.8) is 0 Å². The Morgan fingerprint density at radius 3 is 2.27 bits per heavy atom. The van der Waals surface area contributed by atoms with Gasteiger partial charge in [0.25, 0.3) is 0 Å². The zero-order chi connectivity index (χ0) is 11.9. The summed E-state index contributed by atoms with van der Waals surface area (Å²) in [4.78, 5) is 11.9. The highest BCUT2D eigenvalue weighted by Gasteiger charge is 2.29. The molecule has 1 unspecified atom stereocenters. The van der Waals surface area contributed by atoms with Crippen LogP contribution in [0.25, 0.3) is 0 Å². The topological polar surface area (TPSA) is 17.1 Å². The lowest BCUT2D eigenvalue weighted by Crippen LogP contribution is -2.26. The molecule has 1 nitrogen and oxygen atoms in total. The van der Waals surface area contributed by atoms with Crippen LogP contribution in [-0.4, -0.2) is 5.78 Å². The fourth-order valence-electron chi connectivity index (χ4n) is 1.84. The Bertz CT molecular complexity index is 229. The number of carbonyl (C=O) groups excluding carboxylic acids is 1. The van der Waals surface area contributed by atoms with Crippen molar-refractivity contribution in [2.75, 3.05) is 0 Å². The molecule has 1 atom stereocenters. The van der Waals surface area contributed by atoms with E-state index in [1.165, 1.54) is 6.92 Å². The highest BCUT2D eigenvalue weighted by atomic mass is 19.1. The molecule has 2 heteroatoms. The number of hydrogen-bond donors (Lipinski definition) is 0. The molecule has 0 rings (SSSR count). The van der Waals surface area contributed by atoms with Crippen LogP contribution in [0, 0.1) is 5.41 Å². The average Bonchev–Trinajstić information content (AvgIpc) is 2.14. The minimum Gasteiger partial charge on any atom is -0.294 e. The summed E-state index contributed by atoms with van der Waals surface area (Å²) in [5, 5.41) is 0. The summed E-state index contributed by atoms with van der Waals surface area (Å²) >= 11 is 0. The molecule has 0 aromatic rings. The molecule has 0 spiro atoms. The van der Waals surface area contributed by atoms with E-state index < -0.39 is 0 Å². The van der Waals surface area contributed by atoms with Gasteiger partial charge >= 0.3 is 0 Å². The molecule has 0 aliphatic carbocycles. The molecule has 15 heavy (non-hydrogen) atoms. The summed E-state index contributed by atoms with van der Waals surface area (Å²) in [5.41, 5.74) is -0.363. The number of ketones is 1. The Morgan fingerprint density at radius 2 is 1.87 bits per heavy atom. The molecule has 0 saturated carbocycles. The monoisotopic (exact) mass is 214 g/mol. The second-order valence-electron chi connectivity index (χ2n) is 4.51. The van der Waals surface area contributed by atoms with Gasteiger partial charge < -0.3 is 0 Å². The number of carbonyl (C=O) groups is 1. The molecular formula is C13H23FO. The highest BCUT2D eigenvalue weighted by molar-refractivity contribution is 5.94. The summed E-state index contributed by atoms with van der Waals surface area (Å²) in [6.45, 7) is 7.44. The number of hydrogen-bond acceptors (Lipinski definition) is 1. The van der Waals surface area contributed by atoms with Crippen molar-refractivity contribution < 1.29 is 9.18 Å². The smallest absolute Gasteiger partial charge is 0.164 e. The Balaban J connectivity index is 4.61.